The highest BCUT2D eigenvalue weighted by Gasteiger charge is 2.13. The SMILES string of the molecule is CC(=O)c1nnn(-c2ccc3ncccc3c2)c1C. The third-order valence-corrected chi connectivity index (χ3v) is 3.06. The van der Waals surface area contributed by atoms with E-state index in [0.29, 0.717) is 5.69 Å². The van der Waals surface area contributed by atoms with Crippen molar-refractivity contribution in [3.05, 3.63) is 47.9 Å². The van der Waals surface area contributed by atoms with Crippen molar-refractivity contribution in [2.24, 2.45) is 0 Å². The van der Waals surface area contributed by atoms with Crippen LogP contribution in [0.3, 0.4) is 0 Å². The van der Waals surface area contributed by atoms with Crippen molar-refractivity contribution in [2.75, 3.05) is 0 Å². The lowest BCUT2D eigenvalue weighted by molar-refractivity contribution is 0.101. The summed E-state index contributed by atoms with van der Waals surface area (Å²) in [5, 5.41) is 8.99. The summed E-state index contributed by atoms with van der Waals surface area (Å²) in [5.41, 5.74) is 2.95. The predicted octanol–water partition coefficient (Wildman–Crippen LogP) is 2.33. The van der Waals surface area contributed by atoms with Crippen LogP contribution in [0.4, 0.5) is 0 Å². The van der Waals surface area contributed by atoms with Gasteiger partial charge in [0.05, 0.1) is 16.9 Å². The Morgan fingerprint density at radius 2 is 2.11 bits per heavy atom. The highest BCUT2D eigenvalue weighted by Crippen LogP contribution is 2.18. The minimum atomic E-state index is -0.0776. The van der Waals surface area contributed by atoms with Crippen LogP contribution in [-0.4, -0.2) is 25.8 Å². The Morgan fingerprint density at radius 3 is 2.84 bits per heavy atom. The van der Waals surface area contributed by atoms with Gasteiger partial charge in [-0.15, -0.1) is 5.10 Å². The maximum absolute atomic E-state index is 11.4. The van der Waals surface area contributed by atoms with E-state index in [1.807, 2.05) is 37.3 Å². The van der Waals surface area contributed by atoms with Crippen LogP contribution in [0.2, 0.25) is 0 Å². The molecule has 0 fully saturated rings. The van der Waals surface area contributed by atoms with Crippen molar-refractivity contribution in [3.8, 4) is 5.69 Å². The van der Waals surface area contributed by atoms with Crippen molar-refractivity contribution in [1.82, 2.24) is 20.0 Å². The molecule has 0 amide bonds. The number of aromatic nitrogens is 4. The number of hydrogen-bond donors (Lipinski definition) is 0. The van der Waals surface area contributed by atoms with E-state index in [9.17, 15) is 4.79 Å². The van der Waals surface area contributed by atoms with Gasteiger partial charge in [-0.25, -0.2) is 4.68 Å². The summed E-state index contributed by atoms with van der Waals surface area (Å²) in [6.07, 6.45) is 1.76. The lowest BCUT2D eigenvalue weighted by atomic mass is 10.2. The number of fused-ring (bicyclic) bond motifs is 1. The second kappa shape index (κ2) is 4.28. The van der Waals surface area contributed by atoms with Crippen LogP contribution in [0.25, 0.3) is 16.6 Å². The van der Waals surface area contributed by atoms with Crippen molar-refractivity contribution in [1.29, 1.82) is 0 Å². The van der Waals surface area contributed by atoms with Gasteiger partial charge in [-0.05, 0) is 31.2 Å². The number of rotatable bonds is 2. The van der Waals surface area contributed by atoms with E-state index >= 15 is 0 Å². The van der Waals surface area contributed by atoms with E-state index in [2.05, 4.69) is 15.3 Å². The molecule has 5 heteroatoms. The number of benzene rings is 1. The van der Waals surface area contributed by atoms with Gasteiger partial charge in [0.15, 0.2) is 11.5 Å². The quantitative estimate of drug-likeness (QED) is 0.657. The normalized spacial score (nSPS) is 10.8. The van der Waals surface area contributed by atoms with Gasteiger partial charge in [0, 0.05) is 18.5 Å². The van der Waals surface area contributed by atoms with Crippen LogP contribution in [0.1, 0.15) is 23.1 Å². The van der Waals surface area contributed by atoms with Crippen LogP contribution in [0.5, 0.6) is 0 Å². The monoisotopic (exact) mass is 252 g/mol. The largest absolute Gasteiger partial charge is 0.293 e. The molecule has 1 aromatic carbocycles. The molecule has 0 N–H and O–H groups in total. The minimum Gasteiger partial charge on any atom is -0.293 e. The first-order chi connectivity index (χ1) is 9.16. The summed E-state index contributed by atoms with van der Waals surface area (Å²) < 4.78 is 1.67. The molecule has 0 aliphatic carbocycles. The lowest BCUT2D eigenvalue weighted by Gasteiger charge is -2.04. The van der Waals surface area contributed by atoms with Gasteiger partial charge in [0.25, 0.3) is 0 Å². The Hall–Kier alpha value is -2.56. The number of pyridine rings is 1. The molecular weight excluding hydrogens is 240 g/mol. The summed E-state index contributed by atoms with van der Waals surface area (Å²) in [5.74, 6) is -0.0776. The molecule has 0 radical (unpaired) electrons. The average Bonchev–Trinajstić information content (AvgIpc) is 2.80. The van der Waals surface area contributed by atoms with Crippen LogP contribution >= 0.6 is 0 Å². The fraction of sp³-hybridized carbons (Fsp3) is 0.143. The minimum absolute atomic E-state index is 0.0776. The van der Waals surface area contributed by atoms with E-state index in [4.69, 9.17) is 0 Å². The number of carbonyl (C=O) groups is 1. The van der Waals surface area contributed by atoms with Gasteiger partial charge in [0.2, 0.25) is 0 Å². The van der Waals surface area contributed by atoms with E-state index in [-0.39, 0.29) is 5.78 Å². The Morgan fingerprint density at radius 1 is 1.26 bits per heavy atom. The van der Waals surface area contributed by atoms with Crippen molar-refractivity contribution in [2.45, 2.75) is 13.8 Å². The molecule has 0 unspecified atom stereocenters. The molecular formula is C14H12N4O. The summed E-state index contributed by atoms with van der Waals surface area (Å²) in [7, 11) is 0. The first-order valence-electron chi connectivity index (χ1n) is 5.95. The van der Waals surface area contributed by atoms with E-state index in [0.717, 1.165) is 22.3 Å². The van der Waals surface area contributed by atoms with Gasteiger partial charge in [-0.1, -0.05) is 11.3 Å². The molecule has 0 spiro atoms. The van der Waals surface area contributed by atoms with Gasteiger partial charge < -0.3 is 0 Å². The van der Waals surface area contributed by atoms with Crippen LogP contribution in [0, 0.1) is 6.92 Å². The molecule has 3 aromatic rings. The molecule has 2 heterocycles. The Bertz CT molecular complexity index is 776. The Balaban J connectivity index is 2.16. The van der Waals surface area contributed by atoms with Crippen LogP contribution < -0.4 is 0 Å². The number of ketones is 1. The molecule has 0 saturated carbocycles. The fourth-order valence-corrected chi connectivity index (χ4v) is 2.09. The standard InChI is InChI=1S/C14H12N4O/c1-9-14(10(2)19)16-17-18(9)12-5-6-13-11(8-12)4-3-7-15-13/h3-8H,1-2H3. The predicted molar refractivity (Wildman–Crippen MR) is 71.4 cm³/mol. The van der Waals surface area contributed by atoms with Gasteiger partial charge >= 0.3 is 0 Å². The smallest absolute Gasteiger partial charge is 0.181 e. The molecule has 94 valence electrons. The second-order valence-corrected chi connectivity index (χ2v) is 4.37. The van der Waals surface area contributed by atoms with Gasteiger partial charge in [-0.2, -0.15) is 0 Å². The molecule has 0 aliphatic rings. The van der Waals surface area contributed by atoms with E-state index < -0.39 is 0 Å². The number of Topliss-reactive ketones (excluding diaryl/α,β-unsaturated/α-hetero) is 1. The van der Waals surface area contributed by atoms with Crippen LogP contribution in [-0.2, 0) is 0 Å². The van der Waals surface area contributed by atoms with Gasteiger partial charge in [0.1, 0.15) is 0 Å². The molecule has 3 rings (SSSR count). The molecule has 0 atom stereocenters. The topological polar surface area (TPSA) is 60.7 Å². The molecule has 19 heavy (non-hydrogen) atoms. The zero-order valence-corrected chi connectivity index (χ0v) is 10.7. The summed E-state index contributed by atoms with van der Waals surface area (Å²) >= 11 is 0. The van der Waals surface area contributed by atoms with Crippen LogP contribution in [0.15, 0.2) is 36.5 Å². The first-order valence-corrected chi connectivity index (χ1v) is 5.95. The highest BCUT2D eigenvalue weighted by atomic mass is 16.1. The van der Waals surface area contributed by atoms with E-state index in [1.54, 1.807) is 10.9 Å². The van der Waals surface area contributed by atoms with Crippen molar-refractivity contribution in [3.63, 3.8) is 0 Å². The third kappa shape index (κ3) is 1.89. The zero-order valence-electron chi connectivity index (χ0n) is 10.7. The molecule has 5 nitrogen and oxygen atoms in total. The highest BCUT2D eigenvalue weighted by molar-refractivity contribution is 5.93. The van der Waals surface area contributed by atoms with E-state index in [1.165, 1.54) is 6.92 Å². The Labute approximate surface area is 109 Å². The summed E-state index contributed by atoms with van der Waals surface area (Å²) in [6.45, 7) is 3.33. The number of carbonyl (C=O) groups excluding carboxylic acids is 1. The molecule has 0 aliphatic heterocycles. The maximum atomic E-state index is 11.4. The van der Waals surface area contributed by atoms with Crippen molar-refractivity contribution >= 4 is 16.7 Å². The number of hydrogen-bond acceptors (Lipinski definition) is 4. The lowest BCUT2D eigenvalue weighted by Crippen LogP contribution is -2.01. The van der Waals surface area contributed by atoms with Gasteiger partial charge in [-0.3, -0.25) is 9.78 Å². The molecule has 0 saturated heterocycles. The first kappa shape index (κ1) is 11.5. The zero-order chi connectivity index (χ0) is 13.4. The third-order valence-electron chi connectivity index (χ3n) is 3.06. The summed E-state index contributed by atoms with van der Waals surface area (Å²) in [6, 6.07) is 9.71. The summed E-state index contributed by atoms with van der Waals surface area (Å²) in [4.78, 5) is 15.7. The second-order valence-electron chi connectivity index (χ2n) is 4.37. The van der Waals surface area contributed by atoms with Crippen molar-refractivity contribution < 1.29 is 4.79 Å². The number of nitrogens with zero attached hydrogens (tertiary/aromatic N) is 4. The maximum Gasteiger partial charge on any atom is 0.181 e. The molecule has 0 bridgehead atoms. The Kier molecular flexibility index (Phi) is 2.59. The average molecular weight is 252 g/mol. The fourth-order valence-electron chi connectivity index (χ4n) is 2.09. The molecule has 2 aromatic heterocycles.